The van der Waals surface area contributed by atoms with Crippen molar-refractivity contribution in [1.82, 2.24) is 9.62 Å². The quantitative estimate of drug-likeness (QED) is 0.787. The second-order valence-electron chi connectivity index (χ2n) is 5.69. The van der Waals surface area contributed by atoms with Crippen molar-refractivity contribution < 1.29 is 21.6 Å². The van der Waals surface area contributed by atoms with Gasteiger partial charge in [0.2, 0.25) is 10.0 Å². The summed E-state index contributed by atoms with van der Waals surface area (Å²) >= 11 is 0. The van der Waals surface area contributed by atoms with E-state index in [1.807, 2.05) is 0 Å². The van der Waals surface area contributed by atoms with Gasteiger partial charge in [-0.25, -0.2) is 16.8 Å². The summed E-state index contributed by atoms with van der Waals surface area (Å²) in [5.41, 5.74) is 0.304. The molecule has 9 heteroatoms. The minimum Gasteiger partial charge on any atom is -0.348 e. The van der Waals surface area contributed by atoms with Crippen molar-refractivity contribution in [2.24, 2.45) is 0 Å². The van der Waals surface area contributed by atoms with Gasteiger partial charge in [0.1, 0.15) is 0 Å². The zero-order chi connectivity index (χ0) is 18.0. The maximum Gasteiger partial charge on any atom is 0.251 e. The van der Waals surface area contributed by atoms with Crippen molar-refractivity contribution in [1.29, 1.82) is 0 Å². The minimum absolute atomic E-state index is 0.0484. The van der Waals surface area contributed by atoms with E-state index < -0.39 is 25.8 Å². The number of nitrogens with zero attached hydrogens (tertiary/aromatic N) is 1. The summed E-state index contributed by atoms with van der Waals surface area (Å²) in [5, 5.41) is 2.68. The molecule has 7 nitrogen and oxygen atoms in total. The first-order valence-corrected chi connectivity index (χ1v) is 11.1. The predicted octanol–water partition coefficient (Wildman–Crippen LogP) is 0.634. The first kappa shape index (κ1) is 18.9. The Balaban J connectivity index is 2.10. The van der Waals surface area contributed by atoms with E-state index in [1.165, 1.54) is 28.6 Å². The Morgan fingerprint density at radius 2 is 1.79 bits per heavy atom. The highest BCUT2D eigenvalue weighted by Crippen LogP contribution is 2.17. The lowest BCUT2D eigenvalue weighted by Gasteiger charge is -2.18. The zero-order valence-corrected chi connectivity index (χ0v) is 15.4. The van der Waals surface area contributed by atoms with Crippen molar-refractivity contribution in [2.45, 2.75) is 31.2 Å². The number of sulfone groups is 1. The third-order valence-corrected chi connectivity index (χ3v) is 7.86. The Morgan fingerprint density at radius 1 is 1.21 bits per heavy atom. The van der Waals surface area contributed by atoms with E-state index in [2.05, 4.69) is 5.32 Å². The van der Waals surface area contributed by atoms with Gasteiger partial charge < -0.3 is 5.32 Å². The Bertz CT molecular complexity index is 797. The lowest BCUT2D eigenvalue weighted by Crippen LogP contribution is -2.35. The molecular formula is C15H22N2O5S2. The molecule has 1 atom stereocenters. The Hall–Kier alpha value is -1.45. The Kier molecular flexibility index (Phi) is 5.67. The van der Waals surface area contributed by atoms with Crippen LogP contribution < -0.4 is 5.32 Å². The summed E-state index contributed by atoms with van der Waals surface area (Å²) in [6.07, 6.45) is 0.405. The average Bonchev–Trinajstić information content (AvgIpc) is 2.87. The molecule has 0 unspecified atom stereocenters. The van der Waals surface area contributed by atoms with E-state index in [4.69, 9.17) is 0 Å². The Morgan fingerprint density at radius 3 is 2.25 bits per heavy atom. The molecule has 0 saturated carbocycles. The molecule has 2 rings (SSSR count). The highest BCUT2D eigenvalue weighted by molar-refractivity contribution is 7.91. The average molecular weight is 374 g/mol. The van der Waals surface area contributed by atoms with Crippen LogP contribution in [0.15, 0.2) is 29.2 Å². The topological polar surface area (TPSA) is 101 Å². The molecule has 1 heterocycles. The lowest BCUT2D eigenvalue weighted by atomic mass is 10.2. The molecule has 0 bridgehead atoms. The van der Waals surface area contributed by atoms with Crippen LogP contribution in [0.25, 0.3) is 0 Å². The monoisotopic (exact) mass is 374 g/mol. The van der Waals surface area contributed by atoms with Gasteiger partial charge in [-0.05, 0) is 30.7 Å². The van der Waals surface area contributed by atoms with E-state index in [1.54, 1.807) is 13.8 Å². The maximum atomic E-state index is 12.4. The van der Waals surface area contributed by atoms with Crippen LogP contribution in [-0.4, -0.2) is 57.7 Å². The van der Waals surface area contributed by atoms with Gasteiger partial charge in [0, 0.05) is 24.7 Å². The number of sulfonamides is 1. The molecule has 1 fully saturated rings. The van der Waals surface area contributed by atoms with Crippen LogP contribution in [0.5, 0.6) is 0 Å². The van der Waals surface area contributed by atoms with Gasteiger partial charge in [-0.3, -0.25) is 4.79 Å². The van der Waals surface area contributed by atoms with Gasteiger partial charge in [0.15, 0.2) is 9.84 Å². The molecule has 0 aromatic heterocycles. The highest BCUT2D eigenvalue weighted by Gasteiger charge is 2.29. The molecule has 0 radical (unpaired) electrons. The van der Waals surface area contributed by atoms with Crippen molar-refractivity contribution in [3.63, 3.8) is 0 Å². The van der Waals surface area contributed by atoms with Gasteiger partial charge in [0.25, 0.3) is 5.91 Å². The summed E-state index contributed by atoms with van der Waals surface area (Å²) in [7, 11) is -6.62. The van der Waals surface area contributed by atoms with Crippen molar-refractivity contribution in [2.75, 3.05) is 24.6 Å². The summed E-state index contributed by atoms with van der Waals surface area (Å²) < 4.78 is 48.9. The molecule has 134 valence electrons. The smallest absolute Gasteiger partial charge is 0.251 e. The SMILES string of the molecule is CCN(CC)S(=O)(=O)c1ccc(C(=O)N[C@@H]2CCS(=O)(=O)C2)cc1. The summed E-state index contributed by atoms with van der Waals surface area (Å²) in [6.45, 7) is 4.27. The van der Waals surface area contributed by atoms with Crippen LogP contribution in [0.1, 0.15) is 30.6 Å². The summed E-state index contributed by atoms with van der Waals surface area (Å²) in [4.78, 5) is 12.3. The number of carbonyl (C=O) groups is 1. The molecule has 1 aromatic rings. The van der Waals surface area contributed by atoms with E-state index in [0.29, 0.717) is 25.1 Å². The van der Waals surface area contributed by atoms with E-state index in [-0.39, 0.29) is 22.4 Å². The molecular weight excluding hydrogens is 352 g/mol. The van der Waals surface area contributed by atoms with Gasteiger partial charge in [-0.2, -0.15) is 4.31 Å². The minimum atomic E-state index is -3.56. The van der Waals surface area contributed by atoms with Gasteiger partial charge in [0.05, 0.1) is 16.4 Å². The van der Waals surface area contributed by atoms with Crippen LogP contribution in [0, 0.1) is 0 Å². The molecule has 1 aliphatic heterocycles. The maximum absolute atomic E-state index is 12.4. The fourth-order valence-electron chi connectivity index (χ4n) is 2.67. The third-order valence-electron chi connectivity index (χ3n) is 4.03. The second-order valence-corrected chi connectivity index (χ2v) is 9.85. The van der Waals surface area contributed by atoms with Crippen LogP contribution >= 0.6 is 0 Å². The number of nitrogens with one attached hydrogen (secondary N) is 1. The van der Waals surface area contributed by atoms with Gasteiger partial charge in [-0.15, -0.1) is 0 Å². The molecule has 0 aliphatic carbocycles. The number of rotatable bonds is 6. The molecule has 0 spiro atoms. The van der Waals surface area contributed by atoms with E-state index in [0.717, 1.165) is 0 Å². The highest BCUT2D eigenvalue weighted by atomic mass is 32.2. The summed E-state index contributed by atoms with van der Waals surface area (Å²) in [6, 6.07) is 5.29. The number of carbonyl (C=O) groups excluding carboxylic acids is 1. The fraction of sp³-hybridized carbons (Fsp3) is 0.533. The third kappa shape index (κ3) is 4.14. The second kappa shape index (κ2) is 7.20. The number of hydrogen-bond donors (Lipinski definition) is 1. The zero-order valence-electron chi connectivity index (χ0n) is 13.7. The fourth-order valence-corrected chi connectivity index (χ4v) is 5.80. The van der Waals surface area contributed by atoms with Crippen LogP contribution in [0.2, 0.25) is 0 Å². The largest absolute Gasteiger partial charge is 0.348 e. The number of amides is 1. The molecule has 1 saturated heterocycles. The van der Waals surface area contributed by atoms with Crippen molar-refractivity contribution >= 4 is 25.8 Å². The molecule has 1 aliphatic rings. The summed E-state index contributed by atoms with van der Waals surface area (Å²) in [5.74, 6) is -0.365. The van der Waals surface area contributed by atoms with Crippen molar-refractivity contribution in [3.05, 3.63) is 29.8 Å². The number of benzene rings is 1. The molecule has 1 N–H and O–H groups in total. The van der Waals surface area contributed by atoms with Gasteiger partial charge in [-0.1, -0.05) is 13.8 Å². The van der Waals surface area contributed by atoms with Crippen molar-refractivity contribution in [3.8, 4) is 0 Å². The normalized spacial score (nSPS) is 20.2. The van der Waals surface area contributed by atoms with Crippen LogP contribution in [-0.2, 0) is 19.9 Å². The first-order valence-electron chi connectivity index (χ1n) is 7.81. The molecule has 1 aromatic carbocycles. The van der Waals surface area contributed by atoms with Crippen LogP contribution in [0.3, 0.4) is 0 Å². The van der Waals surface area contributed by atoms with E-state index in [9.17, 15) is 21.6 Å². The Labute approximate surface area is 143 Å². The van der Waals surface area contributed by atoms with Crippen LogP contribution in [0.4, 0.5) is 0 Å². The molecule has 24 heavy (non-hydrogen) atoms. The van der Waals surface area contributed by atoms with E-state index >= 15 is 0 Å². The predicted molar refractivity (Wildman–Crippen MR) is 91.1 cm³/mol. The lowest BCUT2D eigenvalue weighted by molar-refractivity contribution is 0.0941. The number of hydrogen-bond acceptors (Lipinski definition) is 5. The van der Waals surface area contributed by atoms with Gasteiger partial charge >= 0.3 is 0 Å². The standard InChI is InChI=1S/C15H22N2O5S2/c1-3-17(4-2)24(21,22)14-7-5-12(6-8-14)15(18)16-13-9-10-23(19,20)11-13/h5-8,13H,3-4,9-11H2,1-2H3,(H,16,18)/t13-/m1/s1. The first-order chi connectivity index (χ1) is 11.2. The molecule has 1 amide bonds.